The third kappa shape index (κ3) is 5.23. The van der Waals surface area contributed by atoms with E-state index in [1.165, 1.54) is 55.5 Å². The van der Waals surface area contributed by atoms with E-state index in [4.69, 9.17) is 0 Å². The minimum atomic E-state index is -3.30. The van der Waals surface area contributed by atoms with Gasteiger partial charge in [-0.1, -0.05) is 38.5 Å². The van der Waals surface area contributed by atoms with Gasteiger partial charge in [0.25, 0.3) is 0 Å². The second kappa shape index (κ2) is 8.29. The maximum atomic E-state index is 12.4. The highest BCUT2D eigenvalue weighted by Gasteiger charge is 2.34. The number of carbonyl (C=O) groups is 1. The third-order valence-electron chi connectivity index (χ3n) is 4.97. The zero-order chi connectivity index (χ0) is 16.0. The molecule has 0 radical (unpaired) electrons. The molecular formula is C16H30N2O3S. The minimum absolute atomic E-state index is 0.104. The van der Waals surface area contributed by atoms with Gasteiger partial charge < -0.3 is 5.32 Å². The lowest BCUT2D eigenvalue weighted by atomic mass is 9.91. The van der Waals surface area contributed by atoms with Crippen LogP contribution in [0.15, 0.2) is 0 Å². The Labute approximate surface area is 134 Å². The fourth-order valence-corrected chi connectivity index (χ4v) is 4.80. The van der Waals surface area contributed by atoms with E-state index in [-0.39, 0.29) is 5.91 Å². The van der Waals surface area contributed by atoms with E-state index in [0.717, 1.165) is 12.8 Å². The lowest BCUT2D eigenvalue weighted by Crippen LogP contribution is -2.52. The lowest BCUT2D eigenvalue weighted by molar-refractivity contribution is -0.125. The summed E-state index contributed by atoms with van der Waals surface area (Å²) in [5, 5.41) is 3.03. The first-order chi connectivity index (χ1) is 10.5. The summed E-state index contributed by atoms with van der Waals surface area (Å²) < 4.78 is 25.1. The van der Waals surface area contributed by atoms with Crippen LogP contribution in [-0.4, -0.2) is 44.0 Å². The summed E-state index contributed by atoms with van der Waals surface area (Å²) in [6.07, 6.45) is 12.4. The fourth-order valence-electron chi connectivity index (χ4n) is 3.67. The summed E-state index contributed by atoms with van der Waals surface area (Å²) in [5.41, 5.74) is 0. The van der Waals surface area contributed by atoms with Crippen LogP contribution in [0.25, 0.3) is 0 Å². The summed E-state index contributed by atoms with van der Waals surface area (Å²) in [5.74, 6) is 0.451. The number of nitrogens with zero attached hydrogens (tertiary/aromatic N) is 1. The first kappa shape index (κ1) is 17.7. The Kier molecular flexibility index (Phi) is 6.68. The van der Waals surface area contributed by atoms with E-state index in [2.05, 4.69) is 5.32 Å². The second-order valence-electron chi connectivity index (χ2n) is 6.84. The van der Waals surface area contributed by atoms with Gasteiger partial charge in [-0.25, -0.2) is 8.42 Å². The number of amides is 1. The maximum Gasteiger partial charge on any atom is 0.238 e. The predicted molar refractivity (Wildman–Crippen MR) is 88.0 cm³/mol. The van der Waals surface area contributed by atoms with Crippen molar-refractivity contribution in [1.29, 1.82) is 0 Å². The van der Waals surface area contributed by atoms with E-state index in [9.17, 15) is 13.2 Å². The van der Waals surface area contributed by atoms with Crippen LogP contribution < -0.4 is 5.32 Å². The van der Waals surface area contributed by atoms with Crippen molar-refractivity contribution in [3.63, 3.8) is 0 Å². The third-order valence-corrected chi connectivity index (χ3v) is 6.26. The van der Waals surface area contributed by atoms with Crippen LogP contribution in [-0.2, 0) is 14.8 Å². The molecule has 5 nitrogen and oxygen atoms in total. The Morgan fingerprint density at radius 2 is 1.59 bits per heavy atom. The topological polar surface area (TPSA) is 66.5 Å². The Morgan fingerprint density at radius 3 is 2.23 bits per heavy atom. The number of carbonyl (C=O) groups excluding carboxylic acids is 1. The van der Waals surface area contributed by atoms with Crippen molar-refractivity contribution in [1.82, 2.24) is 9.62 Å². The van der Waals surface area contributed by atoms with Crippen LogP contribution in [0.3, 0.4) is 0 Å². The summed E-state index contributed by atoms with van der Waals surface area (Å²) in [6.45, 7) is 1.17. The highest BCUT2D eigenvalue weighted by atomic mass is 32.2. The van der Waals surface area contributed by atoms with E-state index < -0.39 is 16.1 Å². The zero-order valence-electron chi connectivity index (χ0n) is 13.7. The van der Waals surface area contributed by atoms with Crippen molar-refractivity contribution >= 4 is 15.9 Å². The van der Waals surface area contributed by atoms with E-state index in [1.807, 2.05) is 0 Å². The number of hydrogen-bond donors (Lipinski definition) is 1. The number of rotatable bonds is 4. The average Bonchev–Trinajstić information content (AvgIpc) is 2.45. The molecule has 0 bridgehead atoms. The van der Waals surface area contributed by atoms with E-state index in [0.29, 0.717) is 25.4 Å². The minimum Gasteiger partial charge on any atom is -0.354 e. The van der Waals surface area contributed by atoms with Crippen LogP contribution in [0.5, 0.6) is 0 Å². The molecule has 2 aliphatic rings. The Morgan fingerprint density at radius 1 is 1.00 bits per heavy atom. The molecule has 1 unspecified atom stereocenters. The van der Waals surface area contributed by atoms with Crippen molar-refractivity contribution < 1.29 is 13.2 Å². The van der Waals surface area contributed by atoms with Crippen LogP contribution >= 0.6 is 0 Å². The van der Waals surface area contributed by atoms with Crippen molar-refractivity contribution in [2.45, 2.75) is 70.3 Å². The average molecular weight is 330 g/mol. The monoisotopic (exact) mass is 330 g/mol. The van der Waals surface area contributed by atoms with Crippen molar-refractivity contribution in [3.8, 4) is 0 Å². The standard InChI is InChI=1S/C16H30N2O3S/c1-22(20,21)18-12-8-7-11-15(18)16(19)17-13-14-9-5-3-2-4-6-10-14/h14-15H,2-13H2,1H3,(H,17,19). The highest BCUT2D eigenvalue weighted by Crippen LogP contribution is 2.23. The molecule has 6 heteroatoms. The molecule has 22 heavy (non-hydrogen) atoms. The van der Waals surface area contributed by atoms with E-state index >= 15 is 0 Å². The summed E-state index contributed by atoms with van der Waals surface area (Å²) >= 11 is 0. The van der Waals surface area contributed by atoms with Gasteiger partial charge in [-0.15, -0.1) is 0 Å². The van der Waals surface area contributed by atoms with Crippen LogP contribution in [0, 0.1) is 5.92 Å². The molecule has 2 fully saturated rings. The molecule has 1 aliphatic carbocycles. The predicted octanol–water partition coefficient (Wildman–Crippen LogP) is 2.28. The number of sulfonamides is 1. The molecule has 128 valence electrons. The van der Waals surface area contributed by atoms with Gasteiger partial charge in [0, 0.05) is 13.1 Å². The summed E-state index contributed by atoms with van der Waals surface area (Å²) in [7, 11) is -3.30. The molecular weight excluding hydrogens is 300 g/mol. The largest absolute Gasteiger partial charge is 0.354 e. The molecule has 0 aromatic heterocycles. The van der Waals surface area contributed by atoms with Gasteiger partial charge in [0.15, 0.2) is 0 Å². The smallest absolute Gasteiger partial charge is 0.238 e. The van der Waals surface area contributed by atoms with Crippen LogP contribution in [0.2, 0.25) is 0 Å². The first-order valence-electron chi connectivity index (χ1n) is 8.73. The second-order valence-corrected chi connectivity index (χ2v) is 8.78. The number of nitrogens with one attached hydrogen (secondary N) is 1. The van der Waals surface area contributed by atoms with Gasteiger partial charge in [0.2, 0.25) is 15.9 Å². The van der Waals surface area contributed by atoms with Crippen molar-refractivity contribution in [3.05, 3.63) is 0 Å². The fraction of sp³-hybridized carbons (Fsp3) is 0.938. The van der Waals surface area contributed by atoms with Crippen LogP contribution in [0.1, 0.15) is 64.2 Å². The van der Waals surface area contributed by atoms with Crippen LogP contribution in [0.4, 0.5) is 0 Å². The normalized spacial score (nSPS) is 26.1. The van der Waals surface area contributed by atoms with Gasteiger partial charge in [0.05, 0.1) is 6.26 Å². The number of piperidine rings is 1. The molecule has 0 spiro atoms. The molecule has 1 heterocycles. The van der Waals surface area contributed by atoms with Crippen molar-refractivity contribution in [2.24, 2.45) is 5.92 Å². The quantitative estimate of drug-likeness (QED) is 0.860. The molecule has 1 saturated carbocycles. The molecule has 0 aromatic carbocycles. The van der Waals surface area contributed by atoms with Gasteiger partial charge in [-0.3, -0.25) is 4.79 Å². The Balaban J connectivity index is 1.86. The first-order valence-corrected chi connectivity index (χ1v) is 10.6. The summed E-state index contributed by atoms with van der Waals surface area (Å²) in [4.78, 5) is 12.4. The lowest BCUT2D eigenvalue weighted by Gasteiger charge is -2.33. The SMILES string of the molecule is CS(=O)(=O)N1CCCCC1C(=O)NCC1CCCCCCC1. The molecule has 1 atom stereocenters. The van der Waals surface area contributed by atoms with Gasteiger partial charge >= 0.3 is 0 Å². The zero-order valence-corrected chi connectivity index (χ0v) is 14.5. The van der Waals surface area contributed by atoms with Crippen molar-refractivity contribution in [2.75, 3.05) is 19.3 Å². The molecule has 1 saturated heterocycles. The Hall–Kier alpha value is -0.620. The molecule has 1 amide bonds. The summed E-state index contributed by atoms with van der Waals surface area (Å²) in [6, 6.07) is -0.502. The van der Waals surface area contributed by atoms with Gasteiger partial charge in [0.1, 0.15) is 6.04 Å². The highest BCUT2D eigenvalue weighted by molar-refractivity contribution is 7.88. The molecule has 1 N–H and O–H groups in total. The molecule has 0 aromatic rings. The van der Waals surface area contributed by atoms with Gasteiger partial charge in [-0.05, 0) is 31.6 Å². The number of hydrogen-bond acceptors (Lipinski definition) is 3. The molecule has 2 rings (SSSR count). The molecule has 1 aliphatic heterocycles. The van der Waals surface area contributed by atoms with Gasteiger partial charge in [-0.2, -0.15) is 4.31 Å². The van der Waals surface area contributed by atoms with E-state index in [1.54, 1.807) is 0 Å². The Bertz CT molecular complexity index is 456. The maximum absolute atomic E-state index is 12.4.